The molecule has 13 heavy (non-hydrogen) atoms. The van der Waals surface area contributed by atoms with Crippen molar-refractivity contribution in [2.45, 2.75) is 32.6 Å². The average molecular weight is 171 g/mol. The lowest BCUT2D eigenvalue weighted by Crippen LogP contribution is -1.88. The molecule has 0 N–H and O–H groups in total. The SMILES string of the molecule is [C]#CCCCCc1ccccc1C. The van der Waals surface area contributed by atoms with Gasteiger partial charge in [0.1, 0.15) is 0 Å². The lowest BCUT2D eigenvalue weighted by molar-refractivity contribution is 0.753. The quantitative estimate of drug-likeness (QED) is 0.481. The van der Waals surface area contributed by atoms with E-state index in [4.69, 9.17) is 6.42 Å². The molecule has 0 spiro atoms. The van der Waals surface area contributed by atoms with Gasteiger partial charge in [-0.15, -0.1) is 0 Å². The first-order valence-electron chi connectivity index (χ1n) is 4.78. The number of unbranched alkanes of at least 4 members (excludes halogenated alkanes) is 2. The van der Waals surface area contributed by atoms with Crippen molar-refractivity contribution in [1.82, 2.24) is 0 Å². The summed E-state index contributed by atoms with van der Waals surface area (Å²) in [7, 11) is 0. The molecule has 0 heterocycles. The van der Waals surface area contributed by atoms with Gasteiger partial charge >= 0.3 is 0 Å². The van der Waals surface area contributed by atoms with E-state index in [1.54, 1.807) is 0 Å². The van der Waals surface area contributed by atoms with Crippen LogP contribution in [0.5, 0.6) is 0 Å². The van der Waals surface area contributed by atoms with Crippen molar-refractivity contribution in [2.24, 2.45) is 0 Å². The van der Waals surface area contributed by atoms with Crippen molar-refractivity contribution in [3.05, 3.63) is 41.8 Å². The summed E-state index contributed by atoms with van der Waals surface area (Å²) in [5, 5.41) is 0. The Labute approximate surface area is 81.0 Å². The summed E-state index contributed by atoms with van der Waals surface area (Å²) in [5.41, 5.74) is 2.81. The molecule has 0 heteroatoms. The fourth-order valence-corrected chi connectivity index (χ4v) is 1.42. The van der Waals surface area contributed by atoms with E-state index in [-0.39, 0.29) is 0 Å². The molecular weight excluding hydrogens is 156 g/mol. The van der Waals surface area contributed by atoms with Gasteiger partial charge in [-0.3, -0.25) is 0 Å². The van der Waals surface area contributed by atoms with Crippen LogP contribution in [0.1, 0.15) is 30.4 Å². The number of rotatable bonds is 4. The molecule has 0 fully saturated rings. The van der Waals surface area contributed by atoms with E-state index in [2.05, 4.69) is 37.1 Å². The first-order chi connectivity index (χ1) is 6.34. The van der Waals surface area contributed by atoms with E-state index in [1.165, 1.54) is 11.1 Å². The summed E-state index contributed by atoms with van der Waals surface area (Å²) in [6, 6.07) is 8.50. The average Bonchev–Trinajstić information content (AvgIpc) is 2.15. The number of hydrogen-bond donors (Lipinski definition) is 0. The molecule has 0 saturated carbocycles. The fourth-order valence-electron chi connectivity index (χ4n) is 1.42. The Morgan fingerprint density at radius 1 is 1.23 bits per heavy atom. The summed E-state index contributed by atoms with van der Waals surface area (Å²) in [6.07, 6.45) is 11.0. The van der Waals surface area contributed by atoms with Crippen LogP contribution in [0.15, 0.2) is 24.3 Å². The monoisotopic (exact) mass is 171 g/mol. The minimum absolute atomic E-state index is 0.798. The van der Waals surface area contributed by atoms with Crippen molar-refractivity contribution in [2.75, 3.05) is 0 Å². The highest BCUT2D eigenvalue weighted by molar-refractivity contribution is 5.25. The Morgan fingerprint density at radius 2 is 2.00 bits per heavy atom. The lowest BCUT2D eigenvalue weighted by atomic mass is 10.0. The molecule has 0 aliphatic carbocycles. The summed E-state index contributed by atoms with van der Waals surface area (Å²) >= 11 is 0. The fraction of sp³-hybridized carbons (Fsp3) is 0.385. The Hall–Kier alpha value is -1.22. The molecular formula is C13H15. The van der Waals surface area contributed by atoms with Gasteiger partial charge in [0.05, 0.1) is 0 Å². The van der Waals surface area contributed by atoms with Crippen LogP contribution in [-0.2, 0) is 6.42 Å². The second kappa shape index (κ2) is 5.43. The maximum absolute atomic E-state index is 6.78. The van der Waals surface area contributed by atoms with Gasteiger partial charge in [-0.1, -0.05) is 30.2 Å². The van der Waals surface area contributed by atoms with Crippen LogP contribution in [0.3, 0.4) is 0 Å². The molecule has 0 aliphatic heterocycles. The van der Waals surface area contributed by atoms with Gasteiger partial charge < -0.3 is 0 Å². The van der Waals surface area contributed by atoms with Crippen LogP contribution in [0.25, 0.3) is 0 Å². The van der Waals surface area contributed by atoms with Gasteiger partial charge in [0, 0.05) is 6.42 Å². The van der Waals surface area contributed by atoms with Crippen LogP contribution in [-0.4, -0.2) is 0 Å². The van der Waals surface area contributed by atoms with Crippen LogP contribution in [0.2, 0.25) is 0 Å². The molecule has 0 aliphatic rings. The molecule has 0 saturated heterocycles. The molecule has 1 aromatic carbocycles. The number of benzene rings is 1. The standard InChI is InChI=1S/C13H15/c1-3-4-5-6-10-13-11-8-7-9-12(13)2/h7-9,11H,4-6,10H2,2H3. The van der Waals surface area contributed by atoms with Gasteiger partial charge in [-0.25, -0.2) is 0 Å². The third kappa shape index (κ3) is 3.34. The Morgan fingerprint density at radius 3 is 2.69 bits per heavy atom. The van der Waals surface area contributed by atoms with Gasteiger partial charge in [0.25, 0.3) is 0 Å². The second-order valence-electron chi connectivity index (χ2n) is 3.31. The molecule has 0 atom stereocenters. The first-order valence-corrected chi connectivity index (χ1v) is 4.78. The van der Waals surface area contributed by atoms with Crippen molar-refractivity contribution in [3.63, 3.8) is 0 Å². The molecule has 0 nitrogen and oxygen atoms in total. The van der Waals surface area contributed by atoms with Crippen LogP contribution >= 0.6 is 0 Å². The third-order valence-corrected chi connectivity index (χ3v) is 2.26. The maximum atomic E-state index is 6.78. The van der Waals surface area contributed by atoms with Crippen molar-refractivity contribution >= 4 is 0 Å². The van der Waals surface area contributed by atoms with Gasteiger partial charge in [-0.05, 0) is 43.7 Å². The molecule has 67 valence electrons. The molecule has 0 aromatic heterocycles. The highest BCUT2D eigenvalue weighted by Gasteiger charge is 1.95. The number of hydrogen-bond acceptors (Lipinski definition) is 0. The molecule has 1 aromatic rings. The molecule has 1 rings (SSSR count). The highest BCUT2D eigenvalue weighted by atomic mass is 14.0. The van der Waals surface area contributed by atoms with E-state index < -0.39 is 0 Å². The Bertz CT molecular complexity index is 291. The number of aryl methyl sites for hydroxylation is 2. The summed E-state index contributed by atoms with van der Waals surface area (Å²) in [4.78, 5) is 0. The van der Waals surface area contributed by atoms with Crippen LogP contribution in [0, 0.1) is 19.3 Å². The Kier molecular flexibility index (Phi) is 4.12. The van der Waals surface area contributed by atoms with E-state index in [0.29, 0.717) is 0 Å². The second-order valence-corrected chi connectivity index (χ2v) is 3.31. The molecule has 0 unspecified atom stereocenters. The van der Waals surface area contributed by atoms with Gasteiger partial charge in [0.2, 0.25) is 0 Å². The first kappa shape index (κ1) is 9.86. The van der Waals surface area contributed by atoms with Crippen LogP contribution in [0.4, 0.5) is 0 Å². The zero-order valence-corrected chi connectivity index (χ0v) is 8.14. The normalized spacial score (nSPS) is 9.54. The lowest BCUT2D eigenvalue weighted by Gasteiger charge is -2.03. The smallest absolute Gasteiger partial charge is 0.00990 e. The predicted molar refractivity (Wildman–Crippen MR) is 55.9 cm³/mol. The largest absolute Gasteiger partial charge is 0.0891 e. The van der Waals surface area contributed by atoms with Crippen molar-refractivity contribution in [1.29, 1.82) is 0 Å². The molecule has 0 bridgehead atoms. The molecule has 0 amide bonds. The van der Waals surface area contributed by atoms with E-state index in [1.807, 2.05) is 0 Å². The van der Waals surface area contributed by atoms with Crippen LogP contribution < -0.4 is 0 Å². The summed E-state index contributed by atoms with van der Waals surface area (Å²) < 4.78 is 0. The topological polar surface area (TPSA) is 0 Å². The minimum Gasteiger partial charge on any atom is -0.0891 e. The van der Waals surface area contributed by atoms with Gasteiger partial charge in [-0.2, -0.15) is 0 Å². The zero-order valence-electron chi connectivity index (χ0n) is 8.14. The predicted octanol–water partition coefficient (Wildman–Crippen LogP) is 3.30. The van der Waals surface area contributed by atoms with E-state index >= 15 is 0 Å². The van der Waals surface area contributed by atoms with E-state index in [9.17, 15) is 0 Å². The minimum atomic E-state index is 0.798. The van der Waals surface area contributed by atoms with E-state index in [0.717, 1.165) is 25.7 Å². The van der Waals surface area contributed by atoms with Crippen molar-refractivity contribution in [3.8, 4) is 5.92 Å². The zero-order chi connectivity index (χ0) is 9.52. The molecule has 1 radical (unpaired) electrons. The third-order valence-electron chi connectivity index (χ3n) is 2.26. The Balaban J connectivity index is 2.37. The van der Waals surface area contributed by atoms with Crippen molar-refractivity contribution < 1.29 is 0 Å². The van der Waals surface area contributed by atoms with Gasteiger partial charge in [0.15, 0.2) is 0 Å². The summed E-state index contributed by atoms with van der Waals surface area (Å²) in [6.45, 7) is 2.15. The summed E-state index contributed by atoms with van der Waals surface area (Å²) in [5.74, 6) is 2.42. The highest BCUT2D eigenvalue weighted by Crippen LogP contribution is 2.10. The maximum Gasteiger partial charge on any atom is 0.00990 e.